The number of rotatable bonds is 7. The molecule has 2 aromatic carbocycles. The number of piperidine rings is 3. The van der Waals surface area contributed by atoms with Crippen LogP contribution in [-0.4, -0.2) is 49.0 Å². The fourth-order valence-corrected chi connectivity index (χ4v) is 5.90. The van der Waals surface area contributed by atoms with Crippen LogP contribution >= 0.6 is 0 Å². The summed E-state index contributed by atoms with van der Waals surface area (Å²) >= 11 is 0. The zero-order valence-electron chi connectivity index (χ0n) is 18.4. The Kier molecular flexibility index (Phi) is 6.31. The molecule has 2 aromatic rings. The molecule has 4 heterocycles. The molecule has 1 N–H and O–H groups in total. The van der Waals surface area contributed by atoms with Crippen LogP contribution in [-0.2, 0) is 16.8 Å². The summed E-state index contributed by atoms with van der Waals surface area (Å²) in [6, 6.07) is 18.8. The lowest BCUT2D eigenvalue weighted by Crippen LogP contribution is -2.55. The predicted octanol–water partition coefficient (Wildman–Crippen LogP) is 4.41. The molecule has 2 unspecified atom stereocenters. The predicted molar refractivity (Wildman–Crippen MR) is 122 cm³/mol. The Morgan fingerprint density at radius 2 is 1.65 bits per heavy atom. The number of aliphatic hydroxyl groups is 1. The van der Waals surface area contributed by atoms with E-state index in [0.29, 0.717) is 11.8 Å². The van der Waals surface area contributed by atoms with E-state index in [1.807, 2.05) is 6.07 Å². The van der Waals surface area contributed by atoms with Gasteiger partial charge in [0.15, 0.2) is 0 Å². The van der Waals surface area contributed by atoms with E-state index in [4.69, 9.17) is 9.47 Å². The van der Waals surface area contributed by atoms with E-state index in [9.17, 15) is 5.11 Å². The van der Waals surface area contributed by atoms with Gasteiger partial charge in [-0.1, -0.05) is 48.5 Å². The molecule has 0 radical (unpaired) electrons. The number of hydrogen-bond acceptors (Lipinski definition) is 4. The lowest BCUT2D eigenvalue weighted by molar-refractivity contribution is -0.106. The first-order valence-corrected chi connectivity index (χ1v) is 12.0. The molecule has 0 aliphatic carbocycles. The Bertz CT molecular complexity index is 843. The maximum absolute atomic E-state index is 12.2. The average Bonchev–Trinajstić information content (AvgIpc) is 2.85. The van der Waals surface area contributed by atoms with Gasteiger partial charge < -0.3 is 19.5 Å². The molecule has 4 fully saturated rings. The van der Waals surface area contributed by atoms with E-state index in [-0.39, 0.29) is 6.10 Å². The minimum absolute atomic E-state index is 0.227. The summed E-state index contributed by atoms with van der Waals surface area (Å²) in [5.74, 6) is 1.88. The van der Waals surface area contributed by atoms with Gasteiger partial charge in [0.1, 0.15) is 11.9 Å². The van der Waals surface area contributed by atoms with Gasteiger partial charge in [0.2, 0.25) is 0 Å². The molecule has 0 aromatic heterocycles. The Morgan fingerprint density at radius 3 is 2.35 bits per heavy atom. The Morgan fingerprint density at radius 1 is 0.935 bits per heavy atom. The second-order valence-electron chi connectivity index (χ2n) is 9.57. The maximum Gasteiger partial charge on any atom is 0.122 e. The molecule has 31 heavy (non-hydrogen) atoms. The third kappa shape index (κ3) is 4.52. The first-order chi connectivity index (χ1) is 15.2. The molecule has 166 valence electrons. The molecule has 4 heteroatoms. The van der Waals surface area contributed by atoms with Crippen LogP contribution in [0.25, 0.3) is 0 Å². The van der Waals surface area contributed by atoms with Gasteiger partial charge in [0.25, 0.3) is 0 Å². The lowest BCUT2D eigenvalue weighted by atomic mass is 9.66. The van der Waals surface area contributed by atoms with Crippen molar-refractivity contribution >= 4 is 0 Å². The first-order valence-electron chi connectivity index (χ1n) is 12.0. The smallest absolute Gasteiger partial charge is 0.122 e. The second kappa shape index (κ2) is 9.32. The van der Waals surface area contributed by atoms with Crippen LogP contribution in [0.15, 0.2) is 54.6 Å². The number of benzene rings is 2. The van der Waals surface area contributed by atoms with Gasteiger partial charge in [-0.25, -0.2) is 0 Å². The van der Waals surface area contributed by atoms with Crippen LogP contribution in [0.1, 0.15) is 43.2 Å². The highest BCUT2D eigenvalue weighted by Gasteiger charge is 2.47. The van der Waals surface area contributed by atoms with Crippen molar-refractivity contribution in [1.29, 1.82) is 0 Å². The normalized spacial score (nSPS) is 28.2. The lowest BCUT2D eigenvalue weighted by Gasteiger charge is -2.51. The molecule has 4 aliphatic rings. The molecule has 2 atom stereocenters. The standard InChI is InChI=1S/C27H35NO3/c29-27(23-7-2-1-3-8-23,25-20-28-16-11-21(25)12-17-28)15-10-22-6-4-5-9-26(22)31-24-13-18-30-19-14-24/h1-9,21,24-25,29H,10-20H2. The molecule has 4 nitrogen and oxygen atoms in total. The van der Waals surface area contributed by atoms with Gasteiger partial charge in [0.05, 0.1) is 18.8 Å². The number of fused-ring (bicyclic) bond motifs is 3. The Balaban J connectivity index is 1.37. The minimum Gasteiger partial charge on any atom is -0.490 e. The third-order valence-electron chi connectivity index (χ3n) is 7.75. The quantitative estimate of drug-likeness (QED) is 0.719. The van der Waals surface area contributed by atoms with Crippen molar-refractivity contribution in [3.05, 3.63) is 65.7 Å². The Labute approximate surface area is 186 Å². The fourth-order valence-electron chi connectivity index (χ4n) is 5.90. The fraction of sp³-hybridized carbons (Fsp3) is 0.556. The highest BCUT2D eigenvalue weighted by molar-refractivity contribution is 5.34. The summed E-state index contributed by atoms with van der Waals surface area (Å²) in [7, 11) is 0. The molecule has 0 amide bonds. The average molecular weight is 422 g/mol. The number of hydrogen-bond donors (Lipinski definition) is 1. The molecular weight excluding hydrogens is 386 g/mol. The summed E-state index contributed by atoms with van der Waals surface area (Å²) < 4.78 is 11.9. The van der Waals surface area contributed by atoms with Crippen LogP contribution in [0.3, 0.4) is 0 Å². The molecule has 4 saturated heterocycles. The highest BCUT2D eigenvalue weighted by Crippen LogP contribution is 2.46. The molecule has 4 aliphatic heterocycles. The molecular formula is C27H35NO3. The Hall–Kier alpha value is -1.88. The van der Waals surface area contributed by atoms with E-state index in [2.05, 4.69) is 53.4 Å². The molecule has 0 saturated carbocycles. The van der Waals surface area contributed by atoms with Crippen molar-refractivity contribution < 1.29 is 14.6 Å². The minimum atomic E-state index is -0.809. The van der Waals surface area contributed by atoms with E-state index in [1.54, 1.807) is 0 Å². The van der Waals surface area contributed by atoms with Crippen LogP contribution < -0.4 is 4.74 Å². The molecule has 2 bridgehead atoms. The highest BCUT2D eigenvalue weighted by atomic mass is 16.5. The summed E-state index contributed by atoms with van der Waals surface area (Å²) in [6.07, 6.45) is 6.08. The van der Waals surface area contributed by atoms with Gasteiger partial charge in [-0.2, -0.15) is 0 Å². The van der Waals surface area contributed by atoms with Crippen molar-refractivity contribution in [2.24, 2.45) is 11.8 Å². The zero-order chi connectivity index (χ0) is 21.1. The van der Waals surface area contributed by atoms with Crippen LogP contribution in [0.2, 0.25) is 0 Å². The van der Waals surface area contributed by atoms with E-state index >= 15 is 0 Å². The van der Waals surface area contributed by atoms with Crippen molar-refractivity contribution in [3.8, 4) is 5.75 Å². The topological polar surface area (TPSA) is 41.9 Å². The largest absolute Gasteiger partial charge is 0.490 e. The van der Waals surface area contributed by atoms with Crippen molar-refractivity contribution in [2.45, 2.75) is 50.2 Å². The monoisotopic (exact) mass is 421 g/mol. The maximum atomic E-state index is 12.2. The van der Waals surface area contributed by atoms with Crippen LogP contribution in [0.4, 0.5) is 0 Å². The summed E-state index contributed by atoms with van der Waals surface area (Å²) in [4.78, 5) is 2.54. The van der Waals surface area contributed by atoms with E-state index < -0.39 is 5.60 Å². The zero-order valence-corrected chi connectivity index (χ0v) is 18.4. The van der Waals surface area contributed by atoms with Gasteiger partial charge in [-0.3, -0.25) is 0 Å². The van der Waals surface area contributed by atoms with Gasteiger partial charge in [-0.05, 0) is 61.9 Å². The summed E-state index contributed by atoms with van der Waals surface area (Å²) in [5.41, 5.74) is 1.46. The third-order valence-corrected chi connectivity index (χ3v) is 7.75. The number of nitrogens with zero attached hydrogens (tertiary/aromatic N) is 1. The van der Waals surface area contributed by atoms with Crippen molar-refractivity contribution in [2.75, 3.05) is 32.8 Å². The van der Waals surface area contributed by atoms with Gasteiger partial charge in [0, 0.05) is 25.3 Å². The number of para-hydroxylation sites is 1. The first kappa shape index (κ1) is 21.0. The van der Waals surface area contributed by atoms with Crippen molar-refractivity contribution in [1.82, 2.24) is 4.90 Å². The molecule has 6 rings (SSSR count). The van der Waals surface area contributed by atoms with Crippen molar-refractivity contribution in [3.63, 3.8) is 0 Å². The van der Waals surface area contributed by atoms with Crippen LogP contribution in [0, 0.1) is 11.8 Å². The van der Waals surface area contributed by atoms with E-state index in [0.717, 1.165) is 56.8 Å². The van der Waals surface area contributed by atoms with Gasteiger partial charge in [-0.15, -0.1) is 0 Å². The van der Waals surface area contributed by atoms with Crippen LogP contribution in [0.5, 0.6) is 5.75 Å². The van der Waals surface area contributed by atoms with E-state index in [1.165, 1.54) is 31.5 Å². The summed E-state index contributed by atoms with van der Waals surface area (Å²) in [6.45, 7) is 4.94. The number of aryl methyl sites for hydroxylation is 1. The summed E-state index contributed by atoms with van der Waals surface area (Å²) in [5, 5.41) is 12.2. The van der Waals surface area contributed by atoms with Gasteiger partial charge >= 0.3 is 0 Å². The SMILES string of the molecule is OC(CCc1ccccc1OC1CCOCC1)(c1ccccc1)C1CN2CCC1CC2. The second-order valence-corrected chi connectivity index (χ2v) is 9.57. The number of ether oxygens (including phenoxy) is 2. The molecule has 0 spiro atoms.